The molecule has 1 aromatic carbocycles. The van der Waals surface area contributed by atoms with Crippen molar-refractivity contribution >= 4 is 11.4 Å². The Morgan fingerprint density at radius 3 is 2.25 bits per heavy atom. The quantitative estimate of drug-likeness (QED) is 0.609. The standard InChI is InChI=1S/C17H19N3O4/c1-20(2)12(13-6-4-8-24-13)10-19-15-14(16(21)17(15)22)18-9-11-5-3-7-23-11/h3-8,12,18-19H,9-10H2,1-2H3/t12-/m1/s1. The number of nitrogens with zero attached hydrogens (tertiary/aromatic N) is 1. The molecule has 0 saturated carbocycles. The molecule has 0 amide bonds. The van der Waals surface area contributed by atoms with Gasteiger partial charge in [0, 0.05) is 6.54 Å². The van der Waals surface area contributed by atoms with Gasteiger partial charge in [-0.05, 0) is 38.4 Å². The molecule has 0 aliphatic rings. The maximum Gasteiger partial charge on any atom is 0.253 e. The zero-order valence-corrected chi connectivity index (χ0v) is 13.5. The van der Waals surface area contributed by atoms with E-state index >= 15 is 0 Å². The molecule has 0 unspecified atom stereocenters. The fourth-order valence-corrected chi connectivity index (χ4v) is 2.53. The topological polar surface area (TPSA) is 87.7 Å². The third kappa shape index (κ3) is 3.11. The molecule has 0 bridgehead atoms. The zero-order valence-electron chi connectivity index (χ0n) is 13.5. The molecule has 24 heavy (non-hydrogen) atoms. The second-order valence-corrected chi connectivity index (χ2v) is 5.72. The number of hydrogen-bond donors (Lipinski definition) is 2. The van der Waals surface area contributed by atoms with E-state index in [0.29, 0.717) is 30.2 Å². The van der Waals surface area contributed by atoms with Crippen LogP contribution in [0, 0.1) is 0 Å². The van der Waals surface area contributed by atoms with Crippen LogP contribution in [0.15, 0.2) is 55.2 Å². The summed E-state index contributed by atoms with van der Waals surface area (Å²) in [5.41, 5.74) is -0.407. The van der Waals surface area contributed by atoms with Gasteiger partial charge in [-0.2, -0.15) is 0 Å². The van der Waals surface area contributed by atoms with E-state index in [4.69, 9.17) is 8.83 Å². The van der Waals surface area contributed by atoms with Crippen LogP contribution in [0.3, 0.4) is 0 Å². The van der Waals surface area contributed by atoms with Crippen LogP contribution in [-0.4, -0.2) is 25.5 Å². The predicted molar refractivity (Wildman–Crippen MR) is 91.0 cm³/mol. The van der Waals surface area contributed by atoms with E-state index in [0.717, 1.165) is 5.76 Å². The van der Waals surface area contributed by atoms with Gasteiger partial charge in [0.05, 0.1) is 25.1 Å². The van der Waals surface area contributed by atoms with Gasteiger partial charge >= 0.3 is 0 Å². The molecule has 0 aliphatic heterocycles. The first-order chi connectivity index (χ1) is 11.6. The van der Waals surface area contributed by atoms with Gasteiger partial charge in [-0.15, -0.1) is 0 Å². The van der Waals surface area contributed by atoms with Crippen LogP contribution >= 0.6 is 0 Å². The molecule has 7 nitrogen and oxygen atoms in total. The normalized spacial score (nSPS) is 12.6. The smallest absolute Gasteiger partial charge is 0.253 e. The molecule has 1 atom stereocenters. The van der Waals surface area contributed by atoms with Crippen LogP contribution in [0.2, 0.25) is 0 Å². The summed E-state index contributed by atoms with van der Waals surface area (Å²) in [6, 6.07) is 7.21. The zero-order chi connectivity index (χ0) is 17.1. The largest absolute Gasteiger partial charge is 0.468 e. The number of likely N-dealkylation sites (N-methyl/N-ethyl adjacent to an activating group) is 1. The average Bonchev–Trinajstić information content (AvgIpc) is 3.26. The summed E-state index contributed by atoms with van der Waals surface area (Å²) in [5.74, 6) is 1.48. The molecule has 2 N–H and O–H groups in total. The summed E-state index contributed by atoms with van der Waals surface area (Å²) in [7, 11) is 3.85. The lowest BCUT2D eigenvalue weighted by atomic mass is 10.1. The van der Waals surface area contributed by atoms with Crippen LogP contribution in [0.5, 0.6) is 0 Å². The molecule has 0 spiro atoms. The Hall–Kier alpha value is -2.80. The fraction of sp³-hybridized carbons (Fsp3) is 0.294. The van der Waals surface area contributed by atoms with Crippen molar-refractivity contribution < 1.29 is 8.83 Å². The van der Waals surface area contributed by atoms with E-state index in [2.05, 4.69) is 10.6 Å². The summed E-state index contributed by atoms with van der Waals surface area (Å²) >= 11 is 0. The Morgan fingerprint density at radius 2 is 1.67 bits per heavy atom. The third-order valence-corrected chi connectivity index (χ3v) is 3.90. The maximum atomic E-state index is 11.8. The van der Waals surface area contributed by atoms with E-state index in [9.17, 15) is 9.59 Å². The molecule has 2 heterocycles. The van der Waals surface area contributed by atoms with Crippen LogP contribution in [0.4, 0.5) is 11.4 Å². The predicted octanol–water partition coefficient (Wildman–Crippen LogP) is 1.80. The Balaban J connectivity index is 1.68. The second kappa shape index (κ2) is 6.76. The summed E-state index contributed by atoms with van der Waals surface area (Å²) in [6.07, 6.45) is 3.17. The van der Waals surface area contributed by atoms with E-state index < -0.39 is 10.9 Å². The van der Waals surface area contributed by atoms with Crippen molar-refractivity contribution in [2.45, 2.75) is 12.6 Å². The summed E-state index contributed by atoms with van der Waals surface area (Å²) < 4.78 is 10.6. The first-order valence-electron chi connectivity index (χ1n) is 7.61. The molecule has 126 valence electrons. The van der Waals surface area contributed by atoms with Crippen molar-refractivity contribution in [2.24, 2.45) is 0 Å². The highest BCUT2D eigenvalue weighted by molar-refractivity contribution is 5.73. The lowest BCUT2D eigenvalue weighted by Crippen LogP contribution is -2.39. The third-order valence-electron chi connectivity index (χ3n) is 3.90. The molecule has 0 saturated heterocycles. The lowest BCUT2D eigenvalue weighted by molar-refractivity contribution is 0.269. The van der Waals surface area contributed by atoms with Gasteiger partial charge in [-0.1, -0.05) is 0 Å². The molecular formula is C17H19N3O4. The molecule has 0 radical (unpaired) electrons. The SMILES string of the molecule is CN(C)[C@H](CNc1c(NCc2ccco2)c(=O)c1=O)c1ccco1. The van der Waals surface area contributed by atoms with E-state index in [-0.39, 0.29) is 6.04 Å². The number of nitrogens with one attached hydrogen (secondary N) is 2. The fourth-order valence-electron chi connectivity index (χ4n) is 2.53. The van der Waals surface area contributed by atoms with Crippen LogP contribution in [0.1, 0.15) is 17.6 Å². The van der Waals surface area contributed by atoms with Gasteiger partial charge in [0.1, 0.15) is 22.9 Å². The highest BCUT2D eigenvalue weighted by atomic mass is 16.3. The van der Waals surface area contributed by atoms with Crippen molar-refractivity contribution in [2.75, 3.05) is 31.3 Å². The first kappa shape index (κ1) is 16.1. The van der Waals surface area contributed by atoms with Crippen LogP contribution in [-0.2, 0) is 6.54 Å². The van der Waals surface area contributed by atoms with E-state index in [1.165, 1.54) is 0 Å². The van der Waals surface area contributed by atoms with Crippen LogP contribution in [0.25, 0.3) is 0 Å². The summed E-state index contributed by atoms with van der Waals surface area (Å²) in [6.45, 7) is 0.794. The highest BCUT2D eigenvalue weighted by Crippen LogP contribution is 2.21. The van der Waals surface area contributed by atoms with Crippen molar-refractivity contribution in [3.05, 3.63) is 68.8 Å². The molecule has 3 aromatic rings. The Bertz CT molecular complexity index is 843. The highest BCUT2D eigenvalue weighted by Gasteiger charge is 2.23. The molecule has 3 rings (SSSR count). The average molecular weight is 329 g/mol. The van der Waals surface area contributed by atoms with Crippen molar-refractivity contribution in [1.29, 1.82) is 0 Å². The van der Waals surface area contributed by atoms with Gasteiger partial charge in [0.15, 0.2) is 0 Å². The molecule has 7 heteroatoms. The second-order valence-electron chi connectivity index (χ2n) is 5.72. The van der Waals surface area contributed by atoms with E-state index in [1.54, 1.807) is 24.7 Å². The van der Waals surface area contributed by atoms with Crippen LogP contribution < -0.4 is 21.5 Å². The Morgan fingerprint density at radius 1 is 1.00 bits per heavy atom. The van der Waals surface area contributed by atoms with Gasteiger partial charge in [0.2, 0.25) is 0 Å². The number of hydrogen-bond acceptors (Lipinski definition) is 7. The minimum atomic E-state index is -0.511. The molecule has 0 fully saturated rings. The lowest BCUT2D eigenvalue weighted by Gasteiger charge is -2.24. The van der Waals surface area contributed by atoms with Gasteiger partial charge in [0.25, 0.3) is 10.9 Å². The van der Waals surface area contributed by atoms with Gasteiger partial charge in [-0.25, -0.2) is 0 Å². The summed E-state index contributed by atoms with van der Waals surface area (Å²) in [4.78, 5) is 25.6. The van der Waals surface area contributed by atoms with Gasteiger partial charge in [-0.3, -0.25) is 14.5 Å². The van der Waals surface area contributed by atoms with Crippen molar-refractivity contribution in [3.63, 3.8) is 0 Å². The Labute approximate surface area is 138 Å². The monoisotopic (exact) mass is 329 g/mol. The first-order valence-corrected chi connectivity index (χ1v) is 7.61. The van der Waals surface area contributed by atoms with E-state index in [1.807, 2.05) is 31.1 Å². The molecular weight excluding hydrogens is 310 g/mol. The van der Waals surface area contributed by atoms with Crippen molar-refractivity contribution in [1.82, 2.24) is 4.90 Å². The van der Waals surface area contributed by atoms with Crippen molar-refractivity contribution in [3.8, 4) is 0 Å². The summed E-state index contributed by atoms with van der Waals surface area (Å²) in [5, 5.41) is 6.02. The van der Waals surface area contributed by atoms with Gasteiger partial charge < -0.3 is 19.5 Å². The number of rotatable bonds is 8. The molecule has 0 aliphatic carbocycles. The Kier molecular flexibility index (Phi) is 4.52. The number of furan rings is 2. The minimum absolute atomic E-state index is 0.0534. The number of anilines is 2. The molecule has 2 aromatic heterocycles. The minimum Gasteiger partial charge on any atom is -0.468 e. The maximum absolute atomic E-state index is 11.8.